The van der Waals surface area contributed by atoms with Gasteiger partial charge in [0.25, 0.3) is 0 Å². The molecule has 0 unspecified atom stereocenters. The van der Waals surface area contributed by atoms with Crippen LogP contribution < -0.4 is 14.8 Å². The summed E-state index contributed by atoms with van der Waals surface area (Å²) in [7, 11) is 0. The van der Waals surface area contributed by atoms with Gasteiger partial charge in [-0.1, -0.05) is 6.07 Å². The highest BCUT2D eigenvalue weighted by Gasteiger charge is 2.16. The quantitative estimate of drug-likeness (QED) is 0.691. The van der Waals surface area contributed by atoms with Crippen LogP contribution in [-0.4, -0.2) is 27.5 Å². The first-order valence-corrected chi connectivity index (χ1v) is 9.92. The maximum absolute atomic E-state index is 12.4. The van der Waals surface area contributed by atoms with Gasteiger partial charge in [0.2, 0.25) is 12.7 Å². The molecule has 0 fully saturated rings. The number of hydrogen-bond acceptors (Lipinski definition) is 5. The molecule has 1 aliphatic rings. The van der Waals surface area contributed by atoms with Gasteiger partial charge in [0.1, 0.15) is 0 Å². The van der Waals surface area contributed by atoms with Crippen molar-refractivity contribution in [3.63, 3.8) is 0 Å². The van der Waals surface area contributed by atoms with Crippen molar-refractivity contribution in [2.24, 2.45) is 0 Å². The van der Waals surface area contributed by atoms with E-state index in [9.17, 15) is 4.79 Å². The average molecular weight is 394 g/mol. The Morgan fingerprint density at radius 1 is 1.24 bits per heavy atom. The second-order valence-corrected chi connectivity index (χ2v) is 7.69. The van der Waals surface area contributed by atoms with E-state index < -0.39 is 0 Å². The van der Waals surface area contributed by atoms with Crippen LogP contribution in [0.15, 0.2) is 24.4 Å². The van der Waals surface area contributed by atoms with Crippen molar-refractivity contribution in [1.29, 1.82) is 0 Å². The molecule has 4 rings (SSSR count). The lowest BCUT2D eigenvalue weighted by Gasteiger charge is -2.13. The van der Waals surface area contributed by atoms with E-state index in [1.54, 1.807) is 0 Å². The molecule has 1 aliphatic heterocycles. The van der Waals surface area contributed by atoms with E-state index in [1.165, 1.54) is 0 Å². The third-order valence-corrected chi connectivity index (χ3v) is 5.35. The first kappa shape index (κ1) is 19.2. The van der Waals surface area contributed by atoms with Gasteiger partial charge in [-0.3, -0.25) is 4.79 Å². The zero-order valence-corrected chi connectivity index (χ0v) is 17.3. The number of aromatic nitrogens is 3. The van der Waals surface area contributed by atoms with Crippen molar-refractivity contribution < 1.29 is 14.3 Å². The molecule has 0 saturated heterocycles. The number of benzene rings is 1. The number of nitrogens with zero attached hydrogens (tertiary/aromatic N) is 3. The molecule has 0 radical (unpaired) electrons. The second kappa shape index (κ2) is 7.73. The number of pyridine rings is 1. The number of ether oxygens (including phenoxy) is 2. The number of carbonyl (C=O) groups excluding carboxylic acids is 1. The third-order valence-electron chi connectivity index (χ3n) is 5.35. The molecule has 3 aromatic rings. The number of carbonyl (C=O) groups is 1. The summed E-state index contributed by atoms with van der Waals surface area (Å²) < 4.78 is 12.6. The first-order chi connectivity index (χ1) is 13.9. The lowest BCUT2D eigenvalue weighted by Crippen LogP contribution is -2.23. The van der Waals surface area contributed by atoms with Crippen LogP contribution in [0.3, 0.4) is 0 Å². The van der Waals surface area contributed by atoms with Crippen LogP contribution in [0.4, 0.5) is 0 Å². The number of nitrogens with one attached hydrogen (secondary N) is 1. The minimum absolute atomic E-state index is 0.0134. The Labute approximate surface area is 170 Å². The molecule has 0 saturated carbocycles. The molecule has 1 aromatic carbocycles. The molecule has 0 atom stereocenters. The fourth-order valence-electron chi connectivity index (χ4n) is 3.72. The molecule has 0 bridgehead atoms. The molecular weight excluding hydrogens is 368 g/mol. The Morgan fingerprint density at radius 2 is 2.03 bits per heavy atom. The first-order valence-electron chi connectivity index (χ1n) is 9.92. The van der Waals surface area contributed by atoms with Crippen LogP contribution in [0.5, 0.6) is 11.5 Å². The summed E-state index contributed by atoms with van der Waals surface area (Å²) in [5, 5.41) is 8.52. The Bertz CT molecular complexity index is 1070. The van der Waals surface area contributed by atoms with Gasteiger partial charge < -0.3 is 14.8 Å². The van der Waals surface area contributed by atoms with Gasteiger partial charge in [0.05, 0.1) is 6.20 Å². The maximum Gasteiger partial charge on any atom is 0.231 e. The molecule has 0 spiro atoms. The maximum atomic E-state index is 12.4. The molecule has 1 amide bonds. The van der Waals surface area contributed by atoms with Crippen molar-refractivity contribution in [3.8, 4) is 11.5 Å². The van der Waals surface area contributed by atoms with E-state index in [4.69, 9.17) is 14.5 Å². The van der Waals surface area contributed by atoms with Crippen LogP contribution in [0.2, 0.25) is 0 Å². The highest BCUT2D eigenvalue weighted by Crippen LogP contribution is 2.32. The predicted molar refractivity (Wildman–Crippen MR) is 110 cm³/mol. The molecule has 152 valence electrons. The summed E-state index contributed by atoms with van der Waals surface area (Å²) in [6, 6.07) is 5.97. The van der Waals surface area contributed by atoms with Crippen molar-refractivity contribution in [2.45, 2.75) is 53.1 Å². The number of amides is 1. The Hall–Kier alpha value is -3.09. The summed E-state index contributed by atoms with van der Waals surface area (Å²) >= 11 is 0. The lowest BCUT2D eigenvalue weighted by atomic mass is 10.0. The Balaban J connectivity index is 1.40. The standard InChI is InChI=1S/C22H26N4O3/c1-13(2)26-22-18(11-24-26)14(3)17(15(4)25-22)6-8-21(27)23-10-16-5-7-19-20(9-16)29-12-28-19/h5,7,9,11,13H,6,8,10,12H2,1-4H3,(H,23,27). The van der Waals surface area contributed by atoms with Gasteiger partial charge in [-0.25, -0.2) is 9.67 Å². The SMILES string of the molecule is Cc1nc2c(cnn2C(C)C)c(C)c1CCC(=O)NCc1ccc2c(c1)OCO2. The van der Waals surface area contributed by atoms with Crippen LogP contribution in [0.25, 0.3) is 11.0 Å². The highest BCUT2D eigenvalue weighted by molar-refractivity contribution is 5.81. The van der Waals surface area contributed by atoms with E-state index in [2.05, 4.69) is 31.2 Å². The topological polar surface area (TPSA) is 78.3 Å². The van der Waals surface area contributed by atoms with E-state index in [0.29, 0.717) is 19.4 Å². The van der Waals surface area contributed by atoms with Gasteiger partial charge in [-0.05, 0) is 62.9 Å². The fraction of sp³-hybridized carbons (Fsp3) is 0.409. The second-order valence-electron chi connectivity index (χ2n) is 7.69. The van der Waals surface area contributed by atoms with E-state index in [0.717, 1.165) is 44.9 Å². The van der Waals surface area contributed by atoms with Crippen molar-refractivity contribution in [3.05, 3.63) is 46.8 Å². The van der Waals surface area contributed by atoms with Gasteiger partial charge in [0, 0.05) is 30.1 Å². The van der Waals surface area contributed by atoms with Gasteiger partial charge in [-0.2, -0.15) is 5.10 Å². The Kier molecular flexibility index (Phi) is 5.13. The summed E-state index contributed by atoms with van der Waals surface area (Å²) in [4.78, 5) is 17.2. The molecule has 7 nitrogen and oxygen atoms in total. The summed E-state index contributed by atoms with van der Waals surface area (Å²) in [5.41, 5.74) is 5.13. The van der Waals surface area contributed by atoms with E-state index in [-0.39, 0.29) is 18.7 Å². The molecule has 3 heterocycles. The zero-order valence-electron chi connectivity index (χ0n) is 17.3. The highest BCUT2D eigenvalue weighted by atomic mass is 16.7. The monoisotopic (exact) mass is 394 g/mol. The molecule has 29 heavy (non-hydrogen) atoms. The van der Waals surface area contributed by atoms with Crippen LogP contribution in [0, 0.1) is 13.8 Å². The molecular formula is C22H26N4O3. The number of aryl methyl sites for hydroxylation is 2. The number of rotatable bonds is 6. The normalized spacial score (nSPS) is 12.7. The summed E-state index contributed by atoms with van der Waals surface area (Å²) in [6.45, 7) is 8.99. The van der Waals surface area contributed by atoms with Crippen LogP contribution in [0.1, 0.15) is 48.7 Å². The number of hydrogen-bond donors (Lipinski definition) is 1. The van der Waals surface area contributed by atoms with Gasteiger partial charge >= 0.3 is 0 Å². The Morgan fingerprint density at radius 3 is 2.83 bits per heavy atom. The summed E-state index contributed by atoms with van der Waals surface area (Å²) in [5.74, 6) is 1.48. The lowest BCUT2D eigenvalue weighted by molar-refractivity contribution is -0.121. The van der Waals surface area contributed by atoms with Gasteiger partial charge in [0.15, 0.2) is 17.1 Å². The van der Waals surface area contributed by atoms with Gasteiger partial charge in [-0.15, -0.1) is 0 Å². The third kappa shape index (κ3) is 3.77. The van der Waals surface area contributed by atoms with Crippen molar-refractivity contribution >= 4 is 16.9 Å². The van der Waals surface area contributed by atoms with E-state index in [1.807, 2.05) is 36.0 Å². The molecule has 2 aromatic heterocycles. The van der Waals surface area contributed by atoms with Crippen LogP contribution >= 0.6 is 0 Å². The van der Waals surface area contributed by atoms with Crippen molar-refractivity contribution in [2.75, 3.05) is 6.79 Å². The zero-order chi connectivity index (χ0) is 20.5. The predicted octanol–water partition coefficient (Wildman–Crippen LogP) is 3.61. The number of fused-ring (bicyclic) bond motifs is 2. The minimum Gasteiger partial charge on any atom is -0.454 e. The largest absolute Gasteiger partial charge is 0.454 e. The summed E-state index contributed by atoms with van der Waals surface area (Å²) in [6.07, 6.45) is 2.94. The van der Waals surface area contributed by atoms with E-state index >= 15 is 0 Å². The smallest absolute Gasteiger partial charge is 0.231 e. The molecule has 7 heteroatoms. The minimum atomic E-state index is 0.0134. The van der Waals surface area contributed by atoms with Crippen molar-refractivity contribution in [1.82, 2.24) is 20.1 Å². The van der Waals surface area contributed by atoms with Crippen LogP contribution in [-0.2, 0) is 17.8 Å². The average Bonchev–Trinajstić information content (AvgIpc) is 3.32. The molecule has 0 aliphatic carbocycles. The fourth-order valence-corrected chi connectivity index (χ4v) is 3.72. The molecule has 1 N–H and O–H groups in total.